The largest absolute Gasteiger partial charge is 0.479 e. The van der Waals surface area contributed by atoms with Crippen molar-refractivity contribution in [3.63, 3.8) is 0 Å². The molecule has 4 aliphatic rings. The van der Waals surface area contributed by atoms with Crippen LogP contribution in [-0.4, -0.2) is 188 Å². The van der Waals surface area contributed by atoms with Crippen LogP contribution in [0.1, 0.15) is 48.5 Å². The lowest BCUT2D eigenvalue weighted by atomic mass is 9.92. The number of carbonyl (C=O) groups excluding carboxylic acids is 4. The van der Waals surface area contributed by atoms with E-state index in [0.717, 1.165) is 27.7 Å². The topological polar surface area (TPSA) is 340 Å². The molecule has 314 valence electrons. The number of aliphatic carboxylic acids is 1. The molecule has 0 bridgehead atoms. The van der Waals surface area contributed by atoms with Crippen LogP contribution in [0.3, 0.4) is 0 Å². The van der Waals surface area contributed by atoms with Crippen LogP contribution in [-0.2, 0) is 57.1 Å². The molecule has 4 rings (SSSR count). The number of aliphatic hydroxyl groups excluding tert-OH is 6. The minimum absolute atomic E-state index is 0.680. The molecule has 0 aliphatic carbocycles. The van der Waals surface area contributed by atoms with Gasteiger partial charge in [-0.3, -0.25) is 19.2 Å². The Morgan fingerprint density at radius 1 is 0.455 bits per heavy atom. The lowest BCUT2D eigenvalue weighted by molar-refractivity contribution is -0.362. The summed E-state index contributed by atoms with van der Waals surface area (Å²) in [5.41, 5.74) is 0. The van der Waals surface area contributed by atoms with Crippen molar-refractivity contribution in [3.05, 3.63) is 0 Å². The van der Waals surface area contributed by atoms with Gasteiger partial charge in [0.05, 0.1) is 18.3 Å². The quantitative estimate of drug-likeness (QED) is 0.0927. The van der Waals surface area contributed by atoms with Gasteiger partial charge in [0.15, 0.2) is 31.3 Å². The third-order valence-electron chi connectivity index (χ3n) is 9.66. The Labute approximate surface area is 314 Å². The van der Waals surface area contributed by atoms with Gasteiger partial charge in [0.25, 0.3) is 0 Å². The van der Waals surface area contributed by atoms with Crippen molar-refractivity contribution >= 4 is 29.6 Å². The van der Waals surface area contributed by atoms with Gasteiger partial charge < -0.3 is 90.2 Å². The van der Waals surface area contributed by atoms with E-state index in [4.69, 9.17) is 33.2 Å². The summed E-state index contributed by atoms with van der Waals surface area (Å²) in [4.78, 5) is 62.4. The average molecular weight is 797 g/mol. The number of ether oxygens (including phenoxy) is 7. The molecule has 0 aromatic rings. The molecule has 4 aliphatic heterocycles. The second-order valence-corrected chi connectivity index (χ2v) is 14.1. The van der Waals surface area contributed by atoms with Crippen LogP contribution in [0.2, 0.25) is 0 Å². The number of rotatable bonds is 11. The van der Waals surface area contributed by atoms with E-state index in [1.807, 2.05) is 0 Å². The Kier molecular flexibility index (Phi) is 14.9. The zero-order valence-corrected chi connectivity index (χ0v) is 31.1. The first-order chi connectivity index (χ1) is 25.6. The molecule has 4 fully saturated rings. The van der Waals surface area contributed by atoms with Crippen molar-refractivity contribution in [3.8, 4) is 0 Å². The van der Waals surface area contributed by atoms with Crippen LogP contribution in [0.4, 0.5) is 0 Å². The zero-order chi connectivity index (χ0) is 41.2. The first kappa shape index (κ1) is 44.5. The van der Waals surface area contributed by atoms with Gasteiger partial charge >= 0.3 is 5.97 Å². The van der Waals surface area contributed by atoms with Gasteiger partial charge in [-0.1, -0.05) is 0 Å². The van der Waals surface area contributed by atoms with Gasteiger partial charge in [0.2, 0.25) is 23.6 Å². The summed E-state index contributed by atoms with van der Waals surface area (Å²) in [5.74, 6) is -4.61. The predicted octanol–water partition coefficient (Wildman–Crippen LogP) is -6.00. The molecule has 0 unspecified atom stereocenters. The molecule has 0 aromatic carbocycles. The Morgan fingerprint density at radius 3 is 1.25 bits per heavy atom. The van der Waals surface area contributed by atoms with Crippen molar-refractivity contribution in [2.75, 3.05) is 0 Å². The van der Waals surface area contributed by atoms with E-state index in [1.165, 1.54) is 20.8 Å². The van der Waals surface area contributed by atoms with Crippen molar-refractivity contribution in [2.45, 2.75) is 171 Å². The molecule has 0 saturated carbocycles. The van der Waals surface area contributed by atoms with Crippen molar-refractivity contribution in [2.24, 2.45) is 0 Å². The molecule has 0 aromatic heterocycles. The highest BCUT2D eigenvalue weighted by Crippen LogP contribution is 2.36. The highest BCUT2D eigenvalue weighted by atomic mass is 16.8. The summed E-state index contributed by atoms with van der Waals surface area (Å²) in [6.45, 7) is 8.48. The van der Waals surface area contributed by atoms with Crippen molar-refractivity contribution in [1.82, 2.24) is 21.3 Å². The standard InChI is InChI=1S/C32H52N4O19/c1-8-19(41)22(44)15(33-11(4)37)30(50-8)53-25-18(36-14(7)40)32(52-24-17(35-13(6)39)29(48)49-10(3)21(24)43)55-27(28(46)47)26(25)54-31-16(34-12(5)38)23(45)20(42)9(2)51-31/h8-10,15-27,29-32,41-45,48H,1-7H3,(H,33,37)(H,34,38)(H,35,39)(H,36,40)(H,46,47)/t8-,9-,10-,15-,16-,17-,18+,19-,20-,21-,22-,23-,24-,25+,26+,27-,29+,30-,31-,32-/m0/s1. The third kappa shape index (κ3) is 10.2. The maximum Gasteiger partial charge on any atom is 0.335 e. The minimum Gasteiger partial charge on any atom is -0.479 e. The Bertz CT molecular complexity index is 1390. The summed E-state index contributed by atoms with van der Waals surface area (Å²) in [6, 6.07) is -6.22. The first-order valence-corrected chi connectivity index (χ1v) is 17.6. The first-order valence-electron chi connectivity index (χ1n) is 17.6. The van der Waals surface area contributed by atoms with Gasteiger partial charge in [-0.15, -0.1) is 0 Å². The molecule has 0 radical (unpaired) electrons. The molecular formula is C32H52N4O19. The predicted molar refractivity (Wildman–Crippen MR) is 177 cm³/mol. The summed E-state index contributed by atoms with van der Waals surface area (Å²) in [6.07, 6.45) is -26.3. The molecule has 55 heavy (non-hydrogen) atoms. The van der Waals surface area contributed by atoms with Gasteiger partial charge in [-0.2, -0.15) is 0 Å². The second-order valence-electron chi connectivity index (χ2n) is 14.1. The smallest absolute Gasteiger partial charge is 0.335 e. The number of carboxylic acid groups (broad SMARTS) is 1. The van der Waals surface area contributed by atoms with Crippen LogP contribution >= 0.6 is 0 Å². The SMILES string of the molecule is CC(=O)N[C@@H]1[C@H](O[C@@H]2[C@@H](NC(C)=O)[C@@H](O[C@@H]3[C@@H](O)[C@H](C)O[C@@H](O)[C@H]3NC(C)=O)O[C@H](C(=O)O)[C@@H]2O[C@@H]2O[C@@H](C)[C@H](O)[C@@H](O)[C@@H]2NC(C)=O)O[C@@H](C)[C@H](O)[C@H]1O. The molecule has 20 atom stereocenters. The number of hydrogen-bond acceptors (Lipinski definition) is 18. The van der Waals surface area contributed by atoms with E-state index in [-0.39, 0.29) is 0 Å². The highest BCUT2D eigenvalue weighted by molar-refractivity contribution is 5.75. The molecule has 4 saturated heterocycles. The molecule has 23 nitrogen and oxygen atoms in total. The lowest BCUT2D eigenvalue weighted by Gasteiger charge is -2.51. The summed E-state index contributed by atoms with van der Waals surface area (Å²) >= 11 is 0. The molecule has 23 heteroatoms. The maximum absolute atomic E-state index is 13.1. The van der Waals surface area contributed by atoms with Crippen LogP contribution in [0.5, 0.6) is 0 Å². The fourth-order valence-electron chi connectivity index (χ4n) is 6.96. The van der Waals surface area contributed by atoms with E-state index in [0.29, 0.717) is 0 Å². The van der Waals surface area contributed by atoms with Gasteiger partial charge in [0, 0.05) is 27.7 Å². The van der Waals surface area contributed by atoms with Crippen LogP contribution < -0.4 is 21.3 Å². The molecule has 11 N–H and O–H groups in total. The number of amides is 4. The highest BCUT2D eigenvalue weighted by Gasteiger charge is 2.58. The van der Waals surface area contributed by atoms with Crippen LogP contribution in [0.25, 0.3) is 0 Å². The van der Waals surface area contributed by atoms with E-state index in [2.05, 4.69) is 21.3 Å². The fraction of sp³-hybridized carbons (Fsp3) is 0.844. The lowest BCUT2D eigenvalue weighted by Crippen LogP contribution is -2.73. The van der Waals surface area contributed by atoms with Gasteiger partial charge in [-0.25, -0.2) is 4.79 Å². The van der Waals surface area contributed by atoms with E-state index >= 15 is 0 Å². The Balaban J connectivity index is 1.86. The number of nitrogens with one attached hydrogen (secondary N) is 4. The molecular weight excluding hydrogens is 744 g/mol. The molecule has 0 spiro atoms. The normalized spacial score (nSPS) is 44.8. The summed E-state index contributed by atoms with van der Waals surface area (Å²) in [7, 11) is 0. The zero-order valence-electron chi connectivity index (χ0n) is 31.1. The number of carbonyl (C=O) groups is 5. The van der Waals surface area contributed by atoms with Crippen LogP contribution in [0, 0.1) is 0 Å². The monoisotopic (exact) mass is 796 g/mol. The number of aliphatic hydroxyl groups is 6. The second kappa shape index (κ2) is 18.4. The maximum atomic E-state index is 13.1. The molecule has 4 heterocycles. The van der Waals surface area contributed by atoms with Crippen molar-refractivity contribution in [1.29, 1.82) is 0 Å². The number of hydrogen-bond donors (Lipinski definition) is 11. The van der Waals surface area contributed by atoms with E-state index < -0.39 is 152 Å². The summed E-state index contributed by atoms with van der Waals surface area (Å²) in [5, 5.41) is 85.3. The summed E-state index contributed by atoms with van der Waals surface area (Å²) < 4.78 is 41.5. The molecule has 4 amide bonds. The van der Waals surface area contributed by atoms with E-state index in [9.17, 15) is 59.7 Å². The fourth-order valence-corrected chi connectivity index (χ4v) is 6.96. The van der Waals surface area contributed by atoms with Gasteiger partial charge in [0.1, 0.15) is 73.0 Å². The number of carboxylic acids is 1. The Hall–Kier alpha value is -3.17. The van der Waals surface area contributed by atoms with Gasteiger partial charge in [-0.05, 0) is 20.8 Å². The third-order valence-corrected chi connectivity index (χ3v) is 9.66. The Morgan fingerprint density at radius 2 is 0.818 bits per heavy atom. The average Bonchev–Trinajstić information content (AvgIpc) is 3.07. The van der Waals surface area contributed by atoms with E-state index in [1.54, 1.807) is 0 Å². The van der Waals surface area contributed by atoms with Crippen molar-refractivity contribution < 1.29 is 92.9 Å². The van der Waals surface area contributed by atoms with Crippen LogP contribution in [0.15, 0.2) is 0 Å². The minimum atomic E-state index is -2.17.